The van der Waals surface area contributed by atoms with Gasteiger partial charge in [-0.05, 0) is 49.3 Å². The number of pyridine rings is 1. The van der Waals surface area contributed by atoms with Crippen LogP contribution in [0.3, 0.4) is 0 Å². The summed E-state index contributed by atoms with van der Waals surface area (Å²) in [6.07, 6.45) is 8.37. The number of fused-ring (bicyclic) bond motifs is 1. The Morgan fingerprint density at radius 3 is 2.96 bits per heavy atom. The standard InChI is InChI=1S/C20H26N2O2/c23-19-10-4-2-6-16(19)8-5-11-21-20(24)13-15-12-17-7-1-3-9-18(17)22-14-15/h1,3,7,9,12,14,16,19,23H,2,4-6,8,10-11,13H2,(H,21,24). The van der Waals surface area contributed by atoms with Crippen LogP contribution in [0.4, 0.5) is 0 Å². The zero-order valence-corrected chi connectivity index (χ0v) is 14.1. The highest BCUT2D eigenvalue weighted by Crippen LogP contribution is 2.27. The number of nitrogens with zero attached hydrogens (tertiary/aromatic N) is 1. The third kappa shape index (κ3) is 4.54. The average Bonchev–Trinajstić information content (AvgIpc) is 2.60. The minimum absolute atomic E-state index is 0.0382. The number of benzene rings is 1. The Hall–Kier alpha value is -1.94. The Labute approximate surface area is 143 Å². The molecule has 4 nitrogen and oxygen atoms in total. The molecule has 1 fully saturated rings. The van der Waals surface area contributed by atoms with Crippen LogP contribution in [-0.4, -0.2) is 28.6 Å². The van der Waals surface area contributed by atoms with Gasteiger partial charge in [0.1, 0.15) is 0 Å². The molecule has 1 saturated carbocycles. The van der Waals surface area contributed by atoms with Crippen molar-refractivity contribution < 1.29 is 9.90 Å². The second kappa shape index (κ2) is 8.25. The van der Waals surface area contributed by atoms with Gasteiger partial charge in [-0.1, -0.05) is 31.0 Å². The van der Waals surface area contributed by atoms with E-state index in [4.69, 9.17) is 0 Å². The Kier molecular flexibility index (Phi) is 5.81. The van der Waals surface area contributed by atoms with Crippen LogP contribution in [0, 0.1) is 5.92 Å². The van der Waals surface area contributed by atoms with E-state index in [1.807, 2.05) is 30.3 Å². The van der Waals surface area contributed by atoms with Gasteiger partial charge in [-0.2, -0.15) is 0 Å². The van der Waals surface area contributed by atoms with Gasteiger partial charge >= 0.3 is 0 Å². The van der Waals surface area contributed by atoms with E-state index in [0.717, 1.165) is 48.6 Å². The van der Waals surface area contributed by atoms with Gasteiger partial charge in [-0.15, -0.1) is 0 Å². The summed E-state index contributed by atoms with van der Waals surface area (Å²) in [5, 5.41) is 14.0. The summed E-state index contributed by atoms with van der Waals surface area (Å²) in [6, 6.07) is 9.96. The minimum atomic E-state index is -0.141. The zero-order chi connectivity index (χ0) is 16.8. The van der Waals surface area contributed by atoms with Crippen molar-refractivity contribution in [3.05, 3.63) is 42.1 Å². The Balaban J connectivity index is 1.41. The smallest absolute Gasteiger partial charge is 0.224 e. The van der Waals surface area contributed by atoms with E-state index >= 15 is 0 Å². The number of rotatable bonds is 6. The molecule has 0 bridgehead atoms. The molecule has 4 heteroatoms. The van der Waals surface area contributed by atoms with Gasteiger partial charge in [0.25, 0.3) is 0 Å². The first kappa shape index (κ1) is 16.9. The predicted molar refractivity (Wildman–Crippen MR) is 95.7 cm³/mol. The van der Waals surface area contributed by atoms with Crippen LogP contribution in [-0.2, 0) is 11.2 Å². The molecule has 1 aliphatic rings. The first-order valence-corrected chi connectivity index (χ1v) is 9.01. The number of nitrogens with one attached hydrogen (secondary N) is 1. The van der Waals surface area contributed by atoms with Crippen LogP contribution < -0.4 is 5.32 Å². The number of carbonyl (C=O) groups is 1. The number of hydrogen-bond acceptors (Lipinski definition) is 3. The highest BCUT2D eigenvalue weighted by molar-refractivity contribution is 5.82. The second-order valence-electron chi connectivity index (χ2n) is 6.82. The van der Waals surface area contributed by atoms with Gasteiger partial charge in [-0.25, -0.2) is 0 Å². The van der Waals surface area contributed by atoms with Crippen molar-refractivity contribution in [2.24, 2.45) is 5.92 Å². The van der Waals surface area contributed by atoms with Gasteiger partial charge in [-0.3, -0.25) is 9.78 Å². The van der Waals surface area contributed by atoms with Gasteiger partial charge in [0, 0.05) is 18.1 Å². The molecule has 1 aromatic carbocycles. The van der Waals surface area contributed by atoms with E-state index < -0.39 is 0 Å². The molecule has 1 amide bonds. The molecule has 2 N–H and O–H groups in total. The lowest BCUT2D eigenvalue weighted by Crippen LogP contribution is -2.28. The third-order valence-electron chi connectivity index (χ3n) is 4.95. The lowest BCUT2D eigenvalue weighted by atomic mass is 9.83. The average molecular weight is 326 g/mol. The normalized spacial score (nSPS) is 20.9. The number of carbonyl (C=O) groups excluding carboxylic acids is 1. The molecular formula is C20H26N2O2. The number of para-hydroxylation sites is 1. The van der Waals surface area contributed by atoms with Crippen LogP contribution in [0.1, 0.15) is 44.1 Å². The van der Waals surface area contributed by atoms with Crippen LogP contribution >= 0.6 is 0 Å². The molecule has 2 aromatic rings. The Morgan fingerprint density at radius 2 is 2.08 bits per heavy atom. The fourth-order valence-electron chi connectivity index (χ4n) is 3.58. The highest BCUT2D eigenvalue weighted by atomic mass is 16.3. The summed E-state index contributed by atoms with van der Waals surface area (Å²) in [4.78, 5) is 16.5. The molecule has 128 valence electrons. The van der Waals surface area contributed by atoms with E-state index in [-0.39, 0.29) is 12.0 Å². The maximum Gasteiger partial charge on any atom is 0.224 e. The van der Waals surface area contributed by atoms with Crippen molar-refractivity contribution in [2.75, 3.05) is 6.54 Å². The van der Waals surface area contributed by atoms with Gasteiger partial charge < -0.3 is 10.4 Å². The molecular weight excluding hydrogens is 300 g/mol. The van der Waals surface area contributed by atoms with Gasteiger partial charge in [0.2, 0.25) is 5.91 Å². The molecule has 1 aromatic heterocycles. The molecule has 3 rings (SSSR count). The van der Waals surface area contributed by atoms with Crippen LogP contribution in [0.25, 0.3) is 10.9 Å². The summed E-state index contributed by atoms with van der Waals surface area (Å²) < 4.78 is 0. The molecule has 1 aliphatic carbocycles. The summed E-state index contributed by atoms with van der Waals surface area (Å²) in [5.74, 6) is 0.455. The topological polar surface area (TPSA) is 62.2 Å². The first-order valence-electron chi connectivity index (χ1n) is 9.01. The van der Waals surface area contributed by atoms with E-state index in [2.05, 4.69) is 10.3 Å². The molecule has 24 heavy (non-hydrogen) atoms. The van der Waals surface area contributed by atoms with E-state index in [0.29, 0.717) is 18.9 Å². The summed E-state index contributed by atoms with van der Waals surface area (Å²) in [5.41, 5.74) is 1.89. The maximum atomic E-state index is 12.1. The van der Waals surface area contributed by atoms with Crippen molar-refractivity contribution in [3.8, 4) is 0 Å². The SMILES string of the molecule is O=C(Cc1cnc2ccccc2c1)NCCCC1CCCCC1O. The number of aliphatic hydroxyl groups is 1. The number of hydrogen-bond donors (Lipinski definition) is 2. The molecule has 1 heterocycles. The van der Waals surface area contributed by atoms with E-state index in [9.17, 15) is 9.90 Å². The summed E-state index contributed by atoms with van der Waals surface area (Å²) >= 11 is 0. The van der Waals surface area contributed by atoms with Crippen LogP contribution in [0.5, 0.6) is 0 Å². The van der Waals surface area contributed by atoms with Gasteiger partial charge in [0.15, 0.2) is 0 Å². The van der Waals surface area contributed by atoms with Crippen molar-refractivity contribution >= 4 is 16.8 Å². The lowest BCUT2D eigenvalue weighted by molar-refractivity contribution is -0.120. The number of aliphatic hydroxyl groups excluding tert-OH is 1. The fourth-order valence-corrected chi connectivity index (χ4v) is 3.58. The van der Waals surface area contributed by atoms with Gasteiger partial charge in [0.05, 0.1) is 18.0 Å². The largest absolute Gasteiger partial charge is 0.393 e. The predicted octanol–water partition coefficient (Wildman–Crippen LogP) is 3.22. The van der Waals surface area contributed by atoms with E-state index in [1.165, 1.54) is 6.42 Å². The van der Waals surface area contributed by atoms with Crippen molar-refractivity contribution in [3.63, 3.8) is 0 Å². The number of amides is 1. The Bertz CT molecular complexity index is 686. The van der Waals surface area contributed by atoms with Crippen molar-refractivity contribution in [1.82, 2.24) is 10.3 Å². The minimum Gasteiger partial charge on any atom is -0.393 e. The number of aromatic nitrogens is 1. The molecule has 2 unspecified atom stereocenters. The zero-order valence-electron chi connectivity index (χ0n) is 14.1. The Morgan fingerprint density at radius 1 is 1.25 bits per heavy atom. The monoisotopic (exact) mass is 326 g/mol. The summed E-state index contributed by atoms with van der Waals surface area (Å²) in [7, 11) is 0. The second-order valence-corrected chi connectivity index (χ2v) is 6.82. The molecule has 0 spiro atoms. The van der Waals surface area contributed by atoms with Crippen molar-refractivity contribution in [1.29, 1.82) is 0 Å². The lowest BCUT2D eigenvalue weighted by Gasteiger charge is -2.27. The van der Waals surface area contributed by atoms with E-state index in [1.54, 1.807) is 6.20 Å². The molecule has 0 aliphatic heterocycles. The fraction of sp³-hybridized carbons (Fsp3) is 0.500. The maximum absolute atomic E-state index is 12.1. The molecule has 0 radical (unpaired) electrons. The molecule has 0 saturated heterocycles. The third-order valence-corrected chi connectivity index (χ3v) is 4.95. The first-order chi connectivity index (χ1) is 11.7. The van der Waals surface area contributed by atoms with Crippen LogP contribution in [0.15, 0.2) is 36.5 Å². The quantitative estimate of drug-likeness (QED) is 0.801. The molecule has 2 atom stereocenters. The highest BCUT2D eigenvalue weighted by Gasteiger charge is 2.22. The van der Waals surface area contributed by atoms with Crippen LogP contribution in [0.2, 0.25) is 0 Å². The van der Waals surface area contributed by atoms with Crippen molar-refractivity contribution in [2.45, 2.75) is 51.0 Å². The summed E-state index contributed by atoms with van der Waals surface area (Å²) in [6.45, 7) is 0.684.